The van der Waals surface area contributed by atoms with Gasteiger partial charge in [-0.1, -0.05) is 25.1 Å². The summed E-state index contributed by atoms with van der Waals surface area (Å²) in [7, 11) is 2.06. The second-order valence-corrected chi connectivity index (χ2v) is 6.50. The number of fused-ring (bicyclic) bond motifs is 2. The minimum absolute atomic E-state index is 0. The summed E-state index contributed by atoms with van der Waals surface area (Å²) in [5, 5.41) is 11.8. The first-order valence-corrected chi connectivity index (χ1v) is 8.47. The van der Waals surface area contributed by atoms with Gasteiger partial charge in [0.05, 0.1) is 11.6 Å². The molecule has 1 atom stereocenters. The molecule has 1 aromatic heterocycles. The molecule has 0 amide bonds. The topological polar surface area (TPSA) is 36.4 Å². The molecule has 1 aliphatic carbocycles. The van der Waals surface area contributed by atoms with Gasteiger partial charge in [-0.15, -0.1) is 12.4 Å². The molecule has 1 aromatic carbocycles. The van der Waals surface area contributed by atoms with Crippen LogP contribution in [0.3, 0.4) is 0 Å². The zero-order valence-corrected chi connectivity index (χ0v) is 14.9. The molecule has 1 N–H and O–H groups in total. The minimum Gasteiger partial charge on any atom is -0.387 e. The predicted octanol–water partition coefficient (Wildman–Crippen LogP) is 3.91. The molecule has 0 saturated carbocycles. The fourth-order valence-corrected chi connectivity index (χ4v) is 3.48. The number of aliphatic hydroxyl groups excluding tert-OH is 1. The molecule has 0 radical (unpaired) electrons. The lowest BCUT2D eigenvalue weighted by Crippen LogP contribution is -2.25. The van der Waals surface area contributed by atoms with Gasteiger partial charge in [0.1, 0.15) is 0 Å². The molecule has 1 aliphatic rings. The first kappa shape index (κ1) is 18.2. The standard InChI is InChI=1S/C19H26N2O.ClH/c1-3-11-21(2)13-18(22)16-9-6-8-15-12-14-7-4-5-10-17(14)20-19(15)16;/h6,8-9,12,18,22H,3-5,7,10-11,13H2,1-2H3;1H. The average molecular weight is 335 g/mol. The third kappa shape index (κ3) is 4.03. The van der Waals surface area contributed by atoms with E-state index in [9.17, 15) is 5.11 Å². The Bertz CT molecular complexity index is 659. The van der Waals surface area contributed by atoms with Crippen molar-refractivity contribution < 1.29 is 5.11 Å². The molecular formula is C19H27ClN2O. The molecule has 1 heterocycles. The molecule has 3 nitrogen and oxygen atoms in total. The van der Waals surface area contributed by atoms with Crippen molar-refractivity contribution in [2.75, 3.05) is 20.1 Å². The van der Waals surface area contributed by atoms with Crippen molar-refractivity contribution in [1.29, 1.82) is 0 Å². The van der Waals surface area contributed by atoms with Crippen LogP contribution in [-0.2, 0) is 12.8 Å². The van der Waals surface area contributed by atoms with E-state index < -0.39 is 6.10 Å². The number of nitrogens with zero attached hydrogens (tertiary/aromatic N) is 2. The van der Waals surface area contributed by atoms with E-state index in [-0.39, 0.29) is 12.4 Å². The predicted molar refractivity (Wildman–Crippen MR) is 98.4 cm³/mol. The molecule has 0 aliphatic heterocycles. The SMILES string of the molecule is CCCN(C)CC(O)c1cccc2cc3c(nc12)CCCC3.Cl. The Balaban J connectivity index is 0.00000192. The molecule has 2 aromatic rings. The highest BCUT2D eigenvalue weighted by molar-refractivity contribution is 5.85. The van der Waals surface area contributed by atoms with Gasteiger partial charge >= 0.3 is 0 Å². The van der Waals surface area contributed by atoms with Gasteiger partial charge in [-0.05, 0) is 57.3 Å². The highest BCUT2D eigenvalue weighted by atomic mass is 35.5. The minimum atomic E-state index is -0.477. The number of likely N-dealkylation sites (N-methyl/N-ethyl adjacent to an activating group) is 1. The van der Waals surface area contributed by atoms with E-state index in [1.54, 1.807) is 0 Å². The molecule has 0 spiro atoms. The van der Waals surface area contributed by atoms with E-state index in [1.165, 1.54) is 24.1 Å². The number of halogens is 1. The number of pyridine rings is 1. The lowest BCUT2D eigenvalue weighted by Gasteiger charge is -2.22. The molecule has 0 saturated heterocycles. The number of benzene rings is 1. The molecule has 23 heavy (non-hydrogen) atoms. The number of aromatic nitrogens is 1. The average Bonchev–Trinajstić information content (AvgIpc) is 2.52. The normalized spacial score (nSPS) is 15.3. The summed E-state index contributed by atoms with van der Waals surface area (Å²) < 4.78 is 0. The fraction of sp³-hybridized carbons (Fsp3) is 0.526. The smallest absolute Gasteiger partial charge is 0.0937 e. The van der Waals surface area contributed by atoms with Gasteiger partial charge < -0.3 is 10.0 Å². The molecule has 0 fully saturated rings. The van der Waals surface area contributed by atoms with Crippen LogP contribution in [0, 0.1) is 0 Å². The van der Waals surface area contributed by atoms with E-state index in [2.05, 4.69) is 31.0 Å². The highest BCUT2D eigenvalue weighted by Gasteiger charge is 2.17. The fourth-order valence-electron chi connectivity index (χ4n) is 3.48. The summed E-state index contributed by atoms with van der Waals surface area (Å²) in [5.74, 6) is 0. The lowest BCUT2D eigenvalue weighted by molar-refractivity contribution is 0.128. The van der Waals surface area contributed by atoms with Crippen LogP contribution in [0.25, 0.3) is 10.9 Å². The van der Waals surface area contributed by atoms with Crippen LogP contribution in [0.1, 0.15) is 49.1 Å². The van der Waals surface area contributed by atoms with E-state index in [4.69, 9.17) is 4.98 Å². The molecule has 126 valence electrons. The van der Waals surface area contributed by atoms with Crippen molar-refractivity contribution in [3.63, 3.8) is 0 Å². The van der Waals surface area contributed by atoms with Crippen LogP contribution >= 0.6 is 12.4 Å². The van der Waals surface area contributed by atoms with Crippen LogP contribution < -0.4 is 0 Å². The maximum Gasteiger partial charge on any atom is 0.0937 e. The van der Waals surface area contributed by atoms with Crippen molar-refractivity contribution >= 4 is 23.3 Å². The zero-order valence-electron chi connectivity index (χ0n) is 14.1. The van der Waals surface area contributed by atoms with Gasteiger partial charge in [-0.25, -0.2) is 0 Å². The number of aryl methyl sites for hydroxylation is 2. The summed E-state index contributed by atoms with van der Waals surface area (Å²) in [6.45, 7) is 3.82. The Labute approximate surface area is 145 Å². The zero-order chi connectivity index (χ0) is 15.5. The van der Waals surface area contributed by atoms with Crippen molar-refractivity contribution in [2.24, 2.45) is 0 Å². The van der Waals surface area contributed by atoms with Crippen molar-refractivity contribution in [3.8, 4) is 0 Å². The maximum absolute atomic E-state index is 10.6. The summed E-state index contributed by atoms with van der Waals surface area (Å²) >= 11 is 0. The molecule has 0 bridgehead atoms. The quantitative estimate of drug-likeness (QED) is 0.900. The first-order valence-electron chi connectivity index (χ1n) is 8.47. The van der Waals surface area contributed by atoms with E-state index >= 15 is 0 Å². The summed E-state index contributed by atoms with van der Waals surface area (Å²) in [6.07, 6.45) is 5.34. The van der Waals surface area contributed by atoms with Gasteiger partial charge in [0.15, 0.2) is 0 Å². The Morgan fingerprint density at radius 3 is 2.83 bits per heavy atom. The monoisotopic (exact) mass is 334 g/mol. The maximum atomic E-state index is 10.6. The van der Waals surface area contributed by atoms with Crippen LogP contribution in [0.2, 0.25) is 0 Å². The Kier molecular flexibility index (Phi) is 6.40. The third-order valence-corrected chi connectivity index (χ3v) is 4.60. The van der Waals surface area contributed by atoms with Gasteiger partial charge in [0, 0.05) is 23.2 Å². The Morgan fingerprint density at radius 1 is 1.26 bits per heavy atom. The summed E-state index contributed by atoms with van der Waals surface area (Å²) in [6, 6.07) is 8.46. The third-order valence-electron chi connectivity index (χ3n) is 4.60. The van der Waals surface area contributed by atoms with E-state index in [1.807, 2.05) is 12.1 Å². The largest absolute Gasteiger partial charge is 0.387 e. The Morgan fingerprint density at radius 2 is 2.04 bits per heavy atom. The van der Waals surface area contributed by atoms with Crippen molar-refractivity contribution in [3.05, 3.63) is 41.1 Å². The Hall–Kier alpha value is -1.16. The van der Waals surface area contributed by atoms with E-state index in [0.29, 0.717) is 6.54 Å². The second-order valence-electron chi connectivity index (χ2n) is 6.50. The number of para-hydroxylation sites is 1. The second kappa shape index (κ2) is 8.09. The first-order chi connectivity index (χ1) is 10.7. The van der Waals surface area contributed by atoms with Crippen LogP contribution in [-0.4, -0.2) is 35.1 Å². The molecule has 4 heteroatoms. The van der Waals surface area contributed by atoms with Crippen molar-refractivity contribution in [1.82, 2.24) is 9.88 Å². The molecule has 1 unspecified atom stereocenters. The summed E-state index contributed by atoms with van der Waals surface area (Å²) in [4.78, 5) is 7.09. The van der Waals surface area contributed by atoms with Crippen molar-refractivity contribution in [2.45, 2.75) is 45.1 Å². The van der Waals surface area contributed by atoms with Gasteiger partial charge in [0.25, 0.3) is 0 Å². The number of hydrogen-bond donors (Lipinski definition) is 1. The number of aliphatic hydroxyl groups is 1. The van der Waals surface area contributed by atoms with Crippen LogP contribution in [0.5, 0.6) is 0 Å². The van der Waals surface area contributed by atoms with Gasteiger partial charge in [-0.2, -0.15) is 0 Å². The van der Waals surface area contributed by atoms with Gasteiger partial charge in [0.2, 0.25) is 0 Å². The molecule has 3 rings (SSSR count). The summed E-state index contributed by atoms with van der Waals surface area (Å²) in [5.41, 5.74) is 4.59. The van der Waals surface area contributed by atoms with Gasteiger partial charge in [-0.3, -0.25) is 4.98 Å². The highest BCUT2D eigenvalue weighted by Crippen LogP contribution is 2.28. The molecular weight excluding hydrogens is 308 g/mol. The van der Waals surface area contributed by atoms with E-state index in [0.717, 1.165) is 42.3 Å². The van der Waals surface area contributed by atoms with Crippen LogP contribution in [0.4, 0.5) is 0 Å². The van der Waals surface area contributed by atoms with Crippen LogP contribution in [0.15, 0.2) is 24.3 Å². The lowest BCUT2D eigenvalue weighted by atomic mass is 9.93. The number of hydrogen-bond acceptors (Lipinski definition) is 3. The number of rotatable bonds is 5.